The number of nitrogens with zero attached hydrogens (tertiary/aromatic N) is 1. The summed E-state index contributed by atoms with van der Waals surface area (Å²) in [5.41, 5.74) is 6.21. The van der Waals surface area contributed by atoms with Gasteiger partial charge in [-0.3, -0.25) is 9.59 Å². The number of nitrogens with two attached hydrogens (primary N) is 1. The highest BCUT2D eigenvalue weighted by atomic mass is 16.6. The van der Waals surface area contributed by atoms with Gasteiger partial charge in [-0.2, -0.15) is 0 Å². The average Bonchev–Trinajstić information content (AvgIpc) is 2.74. The van der Waals surface area contributed by atoms with Crippen molar-refractivity contribution in [1.82, 2.24) is 10.2 Å². The lowest BCUT2D eigenvalue weighted by molar-refractivity contribution is -0.123. The number of primary amides is 1. The average molecular weight is 403 g/mol. The normalized spacial score (nSPS) is 19.1. The van der Waals surface area contributed by atoms with Gasteiger partial charge in [-0.05, 0) is 56.1 Å². The Hall–Kier alpha value is -2.74. The van der Waals surface area contributed by atoms with E-state index < -0.39 is 0 Å². The summed E-state index contributed by atoms with van der Waals surface area (Å²) < 4.78 is 16.5. The van der Waals surface area contributed by atoms with E-state index in [0.29, 0.717) is 37.0 Å². The smallest absolute Gasteiger partial charge is 0.243 e. The van der Waals surface area contributed by atoms with E-state index in [1.165, 1.54) is 6.08 Å². The Morgan fingerprint density at radius 1 is 1.34 bits per heavy atom. The number of carbonyl (C=O) groups excluding carboxylic acids is 2. The highest BCUT2D eigenvalue weighted by Crippen LogP contribution is 2.40. The first-order valence-corrected chi connectivity index (χ1v) is 10.0. The Labute approximate surface area is 171 Å². The van der Waals surface area contributed by atoms with E-state index in [1.807, 2.05) is 12.1 Å². The van der Waals surface area contributed by atoms with E-state index in [0.717, 1.165) is 44.5 Å². The number of amides is 2. The van der Waals surface area contributed by atoms with Gasteiger partial charge >= 0.3 is 0 Å². The second-order valence-electron chi connectivity index (χ2n) is 7.27. The quantitative estimate of drug-likeness (QED) is 0.499. The maximum Gasteiger partial charge on any atom is 0.243 e. The van der Waals surface area contributed by atoms with Crippen LogP contribution >= 0.6 is 0 Å². The number of rotatable bonds is 8. The molecule has 1 saturated heterocycles. The first kappa shape index (κ1) is 21.0. The molecule has 1 atom stereocenters. The van der Waals surface area contributed by atoms with Gasteiger partial charge in [0.15, 0.2) is 11.5 Å². The third kappa shape index (κ3) is 5.87. The first-order chi connectivity index (χ1) is 14.1. The largest absolute Gasteiger partial charge is 0.493 e. The second-order valence-corrected chi connectivity index (χ2v) is 7.27. The van der Waals surface area contributed by atoms with E-state index in [2.05, 4.69) is 10.2 Å². The van der Waals surface area contributed by atoms with Crippen LogP contribution in [0.25, 0.3) is 6.08 Å². The van der Waals surface area contributed by atoms with Crippen molar-refractivity contribution in [2.24, 2.45) is 11.7 Å². The van der Waals surface area contributed by atoms with Gasteiger partial charge in [0, 0.05) is 19.2 Å². The molecule has 0 bridgehead atoms. The molecule has 0 spiro atoms. The summed E-state index contributed by atoms with van der Waals surface area (Å²) in [4.78, 5) is 25.7. The number of ether oxygens (including phenoxy) is 3. The molecular weight excluding hydrogens is 374 g/mol. The van der Waals surface area contributed by atoms with Crippen molar-refractivity contribution in [2.45, 2.75) is 19.3 Å². The number of piperidine rings is 1. The molecule has 29 heavy (non-hydrogen) atoms. The predicted molar refractivity (Wildman–Crippen MR) is 109 cm³/mol. The first-order valence-electron chi connectivity index (χ1n) is 10.0. The topological polar surface area (TPSA) is 103 Å². The number of carbonyl (C=O) groups is 2. The standard InChI is InChI=1S/C21H29N3O5/c1-27-17-12-15(13-18-20(17)29-11-10-28-18)5-6-19(25)23-7-3-9-24-8-2-4-16(14-24)21(22)26/h5-6,12-13,16H,2-4,7-11,14H2,1H3,(H2,22,26)(H,23,25)/b6-5+. The van der Waals surface area contributed by atoms with Crippen molar-refractivity contribution in [3.8, 4) is 17.2 Å². The highest BCUT2D eigenvalue weighted by molar-refractivity contribution is 5.91. The van der Waals surface area contributed by atoms with E-state index >= 15 is 0 Å². The zero-order chi connectivity index (χ0) is 20.6. The van der Waals surface area contributed by atoms with E-state index in [9.17, 15) is 9.59 Å². The van der Waals surface area contributed by atoms with Crippen LogP contribution in [0.3, 0.4) is 0 Å². The molecule has 2 aliphatic rings. The molecule has 158 valence electrons. The molecule has 1 aromatic rings. The zero-order valence-corrected chi connectivity index (χ0v) is 16.8. The number of hydrogen-bond donors (Lipinski definition) is 2. The summed E-state index contributed by atoms with van der Waals surface area (Å²) in [5, 5.41) is 2.89. The Kier molecular flexibility index (Phi) is 7.35. The van der Waals surface area contributed by atoms with Crippen LogP contribution in [-0.4, -0.2) is 63.2 Å². The number of hydrogen-bond acceptors (Lipinski definition) is 6. The van der Waals surface area contributed by atoms with Crippen molar-refractivity contribution in [3.63, 3.8) is 0 Å². The van der Waals surface area contributed by atoms with Crippen molar-refractivity contribution >= 4 is 17.9 Å². The summed E-state index contributed by atoms with van der Waals surface area (Å²) in [6.07, 6.45) is 5.90. The fourth-order valence-electron chi connectivity index (χ4n) is 3.63. The minimum Gasteiger partial charge on any atom is -0.493 e. The Morgan fingerprint density at radius 3 is 2.97 bits per heavy atom. The van der Waals surface area contributed by atoms with Crippen LogP contribution in [0.4, 0.5) is 0 Å². The maximum atomic E-state index is 12.1. The number of fused-ring (bicyclic) bond motifs is 1. The molecule has 0 aliphatic carbocycles. The summed E-state index contributed by atoms with van der Waals surface area (Å²) in [6.45, 7) is 4.08. The molecule has 3 N–H and O–H groups in total. The fourth-order valence-corrected chi connectivity index (χ4v) is 3.63. The van der Waals surface area contributed by atoms with Crippen LogP contribution in [-0.2, 0) is 9.59 Å². The number of likely N-dealkylation sites (tertiary alicyclic amines) is 1. The van der Waals surface area contributed by atoms with Crippen LogP contribution < -0.4 is 25.3 Å². The van der Waals surface area contributed by atoms with E-state index in [-0.39, 0.29) is 17.7 Å². The molecule has 2 aliphatic heterocycles. The molecule has 0 saturated carbocycles. The van der Waals surface area contributed by atoms with Gasteiger partial charge in [0.05, 0.1) is 13.0 Å². The maximum absolute atomic E-state index is 12.1. The van der Waals surface area contributed by atoms with E-state index in [4.69, 9.17) is 19.9 Å². The lowest BCUT2D eigenvalue weighted by atomic mass is 9.97. The molecule has 3 rings (SSSR count). The van der Waals surface area contributed by atoms with Crippen LogP contribution in [0.5, 0.6) is 17.2 Å². The van der Waals surface area contributed by atoms with Gasteiger partial charge in [0.25, 0.3) is 0 Å². The molecule has 1 unspecified atom stereocenters. The minimum atomic E-state index is -0.219. The van der Waals surface area contributed by atoms with Gasteiger partial charge in [-0.25, -0.2) is 0 Å². The SMILES string of the molecule is COc1cc(/C=C/C(=O)NCCCN2CCCC(C(N)=O)C2)cc2c1OCCO2. The molecule has 2 amide bonds. The van der Waals surface area contributed by atoms with Crippen molar-refractivity contribution < 1.29 is 23.8 Å². The summed E-state index contributed by atoms with van der Waals surface area (Å²) in [6, 6.07) is 3.63. The lowest BCUT2D eigenvalue weighted by Gasteiger charge is -2.31. The van der Waals surface area contributed by atoms with Gasteiger partial charge in [-0.1, -0.05) is 0 Å². The number of methoxy groups -OCH3 is 1. The van der Waals surface area contributed by atoms with Crippen molar-refractivity contribution in [1.29, 1.82) is 0 Å². The van der Waals surface area contributed by atoms with Crippen LogP contribution in [0.2, 0.25) is 0 Å². The summed E-state index contributed by atoms with van der Waals surface area (Å²) in [5.74, 6) is 1.36. The Balaban J connectivity index is 1.44. The second kappa shape index (κ2) is 10.2. The Morgan fingerprint density at radius 2 is 2.17 bits per heavy atom. The third-order valence-corrected chi connectivity index (χ3v) is 5.14. The predicted octanol–water partition coefficient (Wildman–Crippen LogP) is 1.18. The van der Waals surface area contributed by atoms with Gasteiger partial charge < -0.3 is 30.2 Å². The third-order valence-electron chi connectivity index (χ3n) is 5.14. The molecule has 0 radical (unpaired) electrons. The molecule has 1 fully saturated rings. The minimum absolute atomic E-state index is 0.0516. The highest BCUT2D eigenvalue weighted by Gasteiger charge is 2.23. The molecule has 1 aromatic carbocycles. The Bertz CT molecular complexity index is 748. The van der Waals surface area contributed by atoms with Crippen LogP contribution in [0.15, 0.2) is 18.2 Å². The number of nitrogens with one attached hydrogen (secondary N) is 1. The van der Waals surface area contributed by atoms with Crippen molar-refractivity contribution in [3.05, 3.63) is 23.8 Å². The van der Waals surface area contributed by atoms with Gasteiger partial charge in [-0.15, -0.1) is 0 Å². The summed E-state index contributed by atoms with van der Waals surface area (Å²) in [7, 11) is 1.57. The molecule has 0 aromatic heterocycles. The molecule has 8 nitrogen and oxygen atoms in total. The molecular formula is C21H29N3O5. The van der Waals surface area contributed by atoms with Crippen LogP contribution in [0.1, 0.15) is 24.8 Å². The van der Waals surface area contributed by atoms with Crippen LogP contribution in [0, 0.1) is 5.92 Å². The monoisotopic (exact) mass is 403 g/mol. The van der Waals surface area contributed by atoms with Gasteiger partial charge in [0.1, 0.15) is 13.2 Å². The molecule has 8 heteroatoms. The van der Waals surface area contributed by atoms with E-state index in [1.54, 1.807) is 13.2 Å². The van der Waals surface area contributed by atoms with Crippen molar-refractivity contribution in [2.75, 3.05) is 46.5 Å². The van der Waals surface area contributed by atoms with Gasteiger partial charge in [0.2, 0.25) is 17.6 Å². The lowest BCUT2D eigenvalue weighted by Crippen LogP contribution is -2.42. The molecule has 2 heterocycles. The fraction of sp³-hybridized carbons (Fsp3) is 0.524. The zero-order valence-electron chi connectivity index (χ0n) is 16.8. The summed E-state index contributed by atoms with van der Waals surface area (Å²) >= 11 is 0. The number of benzene rings is 1.